The summed E-state index contributed by atoms with van der Waals surface area (Å²) in [6.45, 7) is 3.36. The van der Waals surface area contributed by atoms with Crippen molar-refractivity contribution >= 4 is 17.4 Å². The second kappa shape index (κ2) is 9.10. The van der Waals surface area contributed by atoms with E-state index in [1.165, 1.54) is 11.8 Å². The van der Waals surface area contributed by atoms with Gasteiger partial charge in [-0.3, -0.25) is 0 Å². The van der Waals surface area contributed by atoms with Crippen molar-refractivity contribution in [3.05, 3.63) is 89.5 Å². The van der Waals surface area contributed by atoms with Gasteiger partial charge < -0.3 is 5.32 Å². The van der Waals surface area contributed by atoms with Crippen molar-refractivity contribution in [3.63, 3.8) is 0 Å². The fraction of sp³-hybridized carbons (Fsp3) is 0.250. The molecule has 8 heteroatoms. The van der Waals surface area contributed by atoms with Crippen LogP contribution in [0.1, 0.15) is 30.5 Å². The summed E-state index contributed by atoms with van der Waals surface area (Å²) in [5.74, 6) is 0. The number of halogens is 6. The number of para-hydroxylation sites is 1. The molecule has 0 aliphatic rings. The van der Waals surface area contributed by atoms with Crippen LogP contribution in [0.3, 0.4) is 0 Å². The highest BCUT2D eigenvalue weighted by Crippen LogP contribution is 2.39. The molecular weight excluding hydrogens is 448 g/mol. The molecule has 0 unspecified atom stereocenters. The molecule has 0 atom stereocenters. The summed E-state index contributed by atoms with van der Waals surface area (Å²) in [7, 11) is 0. The fourth-order valence-corrected chi connectivity index (χ4v) is 4.03. The summed E-state index contributed by atoms with van der Waals surface area (Å²) >= 11 is 1.51. The van der Waals surface area contributed by atoms with Crippen molar-refractivity contribution in [2.24, 2.45) is 0 Å². The van der Waals surface area contributed by atoms with Crippen molar-refractivity contribution in [1.82, 2.24) is 0 Å². The van der Waals surface area contributed by atoms with E-state index in [2.05, 4.69) is 5.32 Å². The molecule has 0 bridgehead atoms. The summed E-state index contributed by atoms with van der Waals surface area (Å²) in [5, 5.41) is 3.21. The molecule has 0 heterocycles. The van der Waals surface area contributed by atoms with E-state index < -0.39 is 28.9 Å². The fourth-order valence-electron chi connectivity index (χ4n) is 3.08. The number of rotatable bonds is 6. The van der Waals surface area contributed by atoms with Gasteiger partial charge in [0.1, 0.15) is 0 Å². The van der Waals surface area contributed by atoms with Crippen LogP contribution in [0.5, 0.6) is 0 Å². The van der Waals surface area contributed by atoms with E-state index in [-0.39, 0.29) is 18.2 Å². The second-order valence-electron chi connectivity index (χ2n) is 7.94. The first-order valence-corrected chi connectivity index (χ1v) is 10.5. The quantitative estimate of drug-likeness (QED) is 0.365. The molecule has 32 heavy (non-hydrogen) atoms. The molecule has 0 aliphatic carbocycles. The number of anilines is 1. The largest absolute Gasteiger partial charge is 0.416 e. The molecule has 0 amide bonds. The van der Waals surface area contributed by atoms with Gasteiger partial charge in [0.2, 0.25) is 0 Å². The lowest BCUT2D eigenvalue weighted by Crippen LogP contribution is -2.29. The van der Waals surface area contributed by atoms with Crippen LogP contribution in [0.15, 0.2) is 82.6 Å². The maximum atomic E-state index is 13.2. The molecule has 0 saturated carbocycles. The molecular formula is C24H21F6NS. The normalized spacial score (nSPS) is 12.6. The van der Waals surface area contributed by atoms with Crippen LogP contribution in [0.4, 0.5) is 32.0 Å². The number of nitrogens with one attached hydrogen (secondary N) is 1. The number of hydrogen-bond acceptors (Lipinski definition) is 2. The van der Waals surface area contributed by atoms with E-state index in [9.17, 15) is 26.3 Å². The van der Waals surface area contributed by atoms with Crippen molar-refractivity contribution in [3.8, 4) is 0 Å². The zero-order valence-electron chi connectivity index (χ0n) is 17.3. The molecule has 3 rings (SSSR count). The predicted octanol–water partition coefficient (Wildman–Crippen LogP) is 8.27. The van der Waals surface area contributed by atoms with Gasteiger partial charge in [0, 0.05) is 27.4 Å². The molecule has 0 radical (unpaired) electrons. The second-order valence-corrected chi connectivity index (χ2v) is 9.06. The van der Waals surface area contributed by atoms with Crippen LogP contribution in [-0.2, 0) is 17.8 Å². The lowest BCUT2D eigenvalue weighted by Gasteiger charge is -2.28. The highest BCUT2D eigenvalue weighted by Gasteiger charge is 2.38. The number of hydrogen-bond donors (Lipinski definition) is 1. The first-order chi connectivity index (χ1) is 14.9. The Labute approximate surface area is 186 Å². The average molecular weight is 469 g/mol. The molecule has 0 aliphatic heterocycles. The summed E-state index contributed by atoms with van der Waals surface area (Å²) in [5.41, 5.74) is -2.92. The van der Waals surface area contributed by atoms with Crippen LogP contribution in [0.25, 0.3) is 0 Å². The van der Waals surface area contributed by atoms with Gasteiger partial charge in [-0.1, -0.05) is 55.9 Å². The predicted molar refractivity (Wildman–Crippen MR) is 115 cm³/mol. The van der Waals surface area contributed by atoms with E-state index in [4.69, 9.17) is 0 Å². The topological polar surface area (TPSA) is 12.0 Å². The molecule has 170 valence electrons. The minimum Gasteiger partial charge on any atom is -0.383 e. The molecule has 3 aromatic carbocycles. The highest BCUT2D eigenvalue weighted by molar-refractivity contribution is 7.99. The first kappa shape index (κ1) is 24.0. The molecule has 0 spiro atoms. The van der Waals surface area contributed by atoms with Gasteiger partial charge in [-0.25, -0.2) is 0 Å². The summed E-state index contributed by atoms with van der Waals surface area (Å²) in [4.78, 5) is 1.91. The maximum Gasteiger partial charge on any atom is 0.416 e. The van der Waals surface area contributed by atoms with Gasteiger partial charge in [-0.05, 0) is 48.0 Å². The highest BCUT2D eigenvalue weighted by atomic mass is 32.2. The Morgan fingerprint density at radius 1 is 0.688 bits per heavy atom. The van der Waals surface area contributed by atoms with E-state index >= 15 is 0 Å². The molecule has 3 aromatic rings. The van der Waals surface area contributed by atoms with Crippen LogP contribution < -0.4 is 5.32 Å². The van der Waals surface area contributed by atoms with Crippen molar-refractivity contribution in [2.45, 2.75) is 41.4 Å². The molecule has 0 fully saturated rings. The van der Waals surface area contributed by atoms with Crippen LogP contribution in [0, 0.1) is 0 Å². The minimum absolute atomic E-state index is 0.0413. The van der Waals surface area contributed by atoms with Crippen LogP contribution in [-0.4, -0.2) is 6.54 Å². The Balaban J connectivity index is 1.88. The Morgan fingerprint density at radius 3 is 1.75 bits per heavy atom. The lowest BCUT2D eigenvalue weighted by atomic mass is 9.82. The van der Waals surface area contributed by atoms with Gasteiger partial charge in [0.15, 0.2) is 0 Å². The molecule has 1 N–H and O–H groups in total. The SMILES string of the molecule is CC(C)(CNc1ccccc1Sc1ccccc1)c1cc(C(F)(F)F)cc(C(F)(F)F)c1. The monoisotopic (exact) mass is 469 g/mol. The number of benzene rings is 3. The summed E-state index contributed by atoms with van der Waals surface area (Å²) < 4.78 is 79.5. The molecule has 0 saturated heterocycles. The summed E-state index contributed by atoms with van der Waals surface area (Å²) in [6, 6.07) is 18.8. The van der Waals surface area contributed by atoms with Crippen LogP contribution >= 0.6 is 11.8 Å². The van der Waals surface area contributed by atoms with Crippen LogP contribution in [0.2, 0.25) is 0 Å². The number of alkyl halides is 6. The Morgan fingerprint density at radius 2 is 1.19 bits per heavy atom. The Hall–Kier alpha value is -2.61. The first-order valence-electron chi connectivity index (χ1n) is 9.72. The third-order valence-corrected chi connectivity index (χ3v) is 6.03. The molecule has 1 nitrogen and oxygen atoms in total. The van der Waals surface area contributed by atoms with Crippen molar-refractivity contribution in [1.29, 1.82) is 0 Å². The third-order valence-electron chi connectivity index (χ3n) is 4.95. The Kier molecular flexibility index (Phi) is 6.83. The van der Waals surface area contributed by atoms with Gasteiger partial charge in [-0.2, -0.15) is 26.3 Å². The van der Waals surface area contributed by atoms with E-state index in [1.807, 2.05) is 54.6 Å². The lowest BCUT2D eigenvalue weighted by molar-refractivity contribution is -0.143. The standard InChI is InChI=1S/C24H21F6NS/c1-22(2,16-12-17(23(25,26)27)14-18(13-16)24(28,29)30)15-31-20-10-6-7-11-21(20)32-19-8-4-3-5-9-19/h3-14,31H,15H2,1-2H3. The smallest absolute Gasteiger partial charge is 0.383 e. The zero-order chi connectivity index (χ0) is 23.6. The van der Waals surface area contributed by atoms with Gasteiger partial charge in [0.05, 0.1) is 11.1 Å². The van der Waals surface area contributed by atoms with Crippen molar-refractivity contribution < 1.29 is 26.3 Å². The van der Waals surface area contributed by atoms with Gasteiger partial charge in [-0.15, -0.1) is 0 Å². The summed E-state index contributed by atoms with van der Waals surface area (Å²) in [6.07, 6.45) is -9.75. The van der Waals surface area contributed by atoms with E-state index in [0.29, 0.717) is 0 Å². The zero-order valence-corrected chi connectivity index (χ0v) is 18.1. The van der Waals surface area contributed by atoms with Gasteiger partial charge in [0.25, 0.3) is 0 Å². The Bertz CT molecular complexity index is 1030. The van der Waals surface area contributed by atoms with E-state index in [1.54, 1.807) is 13.8 Å². The van der Waals surface area contributed by atoms with E-state index in [0.717, 1.165) is 27.6 Å². The average Bonchev–Trinajstić information content (AvgIpc) is 2.72. The minimum atomic E-state index is -4.88. The molecule has 0 aromatic heterocycles. The third kappa shape index (κ3) is 6.00. The van der Waals surface area contributed by atoms with Gasteiger partial charge >= 0.3 is 12.4 Å². The van der Waals surface area contributed by atoms with Crippen molar-refractivity contribution in [2.75, 3.05) is 11.9 Å². The maximum absolute atomic E-state index is 13.2.